The molecule has 0 spiro atoms. The van der Waals surface area contributed by atoms with E-state index in [1.807, 2.05) is 86.1 Å². The van der Waals surface area contributed by atoms with Gasteiger partial charge in [0.25, 0.3) is 11.8 Å². The summed E-state index contributed by atoms with van der Waals surface area (Å²) in [5.74, 6) is -0.379. The largest absolute Gasteiger partial charge is 0.349 e. The molecule has 9 heteroatoms. The molecule has 0 aliphatic carbocycles. The maximum Gasteiger partial charge on any atom is 0.274 e. The summed E-state index contributed by atoms with van der Waals surface area (Å²) in [6, 6.07) is 19.6. The van der Waals surface area contributed by atoms with Gasteiger partial charge in [0.1, 0.15) is 11.4 Å². The smallest absolute Gasteiger partial charge is 0.274 e. The van der Waals surface area contributed by atoms with Gasteiger partial charge in [-0.3, -0.25) is 14.0 Å². The van der Waals surface area contributed by atoms with E-state index in [4.69, 9.17) is 0 Å². The fourth-order valence-corrected chi connectivity index (χ4v) is 6.06. The van der Waals surface area contributed by atoms with E-state index < -0.39 is 0 Å². The van der Waals surface area contributed by atoms with Gasteiger partial charge in [0.05, 0.1) is 21.6 Å². The minimum absolute atomic E-state index is 0.167. The Bertz CT molecular complexity index is 1540. The van der Waals surface area contributed by atoms with Gasteiger partial charge in [0.2, 0.25) is 0 Å². The third kappa shape index (κ3) is 5.19. The zero-order chi connectivity index (χ0) is 25.9. The number of aryl methyl sites for hydroxylation is 2. The summed E-state index contributed by atoms with van der Waals surface area (Å²) in [6.45, 7) is 4.03. The van der Waals surface area contributed by atoms with E-state index in [1.165, 1.54) is 22.7 Å². The van der Waals surface area contributed by atoms with Gasteiger partial charge >= 0.3 is 0 Å². The lowest BCUT2D eigenvalue weighted by Crippen LogP contribution is -2.46. The maximum absolute atomic E-state index is 13.8. The molecule has 0 aliphatic heterocycles. The van der Waals surface area contributed by atoms with Crippen molar-refractivity contribution in [1.29, 1.82) is 0 Å². The highest BCUT2D eigenvalue weighted by Crippen LogP contribution is 2.31. The fraction of sp³-hybridized carbons (Fsp3) is 0.214. The average molecular weight is 530 g/mol. The van der Waals surface area contributed by atoms with Crippen LogP contribution in [0.4, 0.5) is 0 Å². The molecule has 0 radical (unpaired) electrons. The van der Waals surface area contributed by atoms with E-state index in [2.05, 4.69) is 15.3 Å². The van der Waals surface area contributed by atoms with Crippen molar-refractivity contribution in [3.8, 4) is 10.4 Å². The van der Waals surface area contributed by atoms with Gasteiger partial charge < -0.3 is 10.2 Å². The van der Waals surface area contributed by atoms with Crippen molar-refractivity contribution in [2.45, 2.75) is 26.3 Å². The van der Waals surface area contributed by atoms with E-state index in [0.29, 0.717) is 23.5 Å². The number of carbonyl (C=O) groups excluding carboxylic acids is 2. The number of hydrogen-bond acceptors (Lipinski definition) is 6. The second-order valence-electron chi connectivity index (χ2n) is 8.85. The van der Waals surface area contributed by atoms with Crippen LogP contribution in [-0.2, 0) is 6.42 Å². The molecule has 3 heterocycles. The summed E-state index contributed by atoms with van der Waals surface area (Å²) in [5, 5.41) is 5.80. The lowest BCUT2D eigenvalue weighted by atomic mass is 10.0. The Labute approximate surface area is 223 Å². The number of carbonyl (C=O) groups is 2. The van der Waals surface area contributed by atoms with Crippen LogP contribution in [0.5, 0.6) is 0 Å². The predicted molar refractivity (Wildman–Crippen MR) is 148 cm³/mol. The highest BCUT2D eigenvalue weighted by Gasteiger charge is 2.28. The number of imidazole rings is 1. The van der Waals surface area contributed by atoms with Gasteiger partial charge in [-0.15, -0.1) is 22.7 Å². The monoisotopic (exact) mass is 529 g/mol. The highest BCUT2D eigenvalue weighted by atomic mass is 32.1. The summed E-state index contributed by atoms with van der Waals surface area (Å²) in [6.07, 6.45) is 2.44. The molecule has 5 rings (SSSR count). The lowest BCUT2D eigenvalue weighted by Gasteiger charge is -2.28. The van der Waals surface area contributed by atoms with E-state index in [0.717, 1.165) is 26.0 Å². The van der Waals surface area contributed by atoms with Crippen LogP contribution in [0.25, 0.3) is 15.4 Å². The second-order valence-corrected chi connectivity index (χ2v) is 10.9. The molecule has 5 aromatic rings. The SMILES string of the molecule is Cc1nc(C(=O)N(C)C(CNC(=O)c2c(C)nc3sccn23)Cc2ccccc2)c(-c2ccccc2)s1. The Balaban J connectivity index is 1.41. The molecular formula is C28H27N5O2S2. The summed E-state index contributed by atoms with van der Waals surface area (Å²) >= 11 is 3.00. The third-order valence-corrected chi connectivity index (χ3v) is 8.08. The molecule has 2 amide bonds. The van der Waals surface area contributed by atoms with Gasteiger partial charge in [0, 0.05) is 25.2 Å². The number of thiazole rings is 2. The zero-order valence-electron chi connectivity index (χ0n) is 20.8. The van der Waals surface area contributed by atoms with Crippen LogP contribution in [0.1, 0.15) is 37.2 Å². The molecular weight excluding hydrogens is 502 g/mol. The number of rotatable bonds is 8. The van der Waals surface area contributed by atoms with Crippen molar-refractivity contribution < 1.29 is 9.59 Å². The molecule has 3 aromatic heterocycles. The van der Waals surface area contributed by atoms with Crippen LogP contribution in [-0.4, -0.2) is 50.7 Å². The van der Waals surface area contributed by atoms with Crippen molar-refractivity contribution in [3.05, 3.63) is 99.9 Å². The first kappa shape index (κ1) is 24.9. The standard InChI is InChI=1S/C28H27N5O2S2/c1-18-24(33-14-15-36-28(33)30-18)26(34)29-17-22(16-20-10-6-4-7-11-20)32(3)27(35)23-25(37-19(2)31-23)21-12-8-5-9-13-21/h4-15,22H,16-17H2,1-3H3,(H,29,34). The molecule has 7 nitrogen and oxygen atoms in total. The van der Waals surface area contributed by atoms with E-state index >= 15 is 0 Å². The Morgan fingerprint density at radius 3 is 2.46 bits per heavy atom. The Morgan fingerprint density at radius 2 is 1.73 bits per heavy atom. The van der Waals surface area contributed by atoms with Crippen LogP contribution in [0, 0.1) is 13.8 Å². The van der Waals surface area contributed by atoms with Crippen LogP contribution in [0.15, 0.2) is 72.2 Å². The van der Waals surface area contributed by atoms with Crippen LogP contribution < -0.4 is 5.32 Å². The number of nitrogens with zero attached hydrogens (tertiary/aromatic N) is 4. The Hall–Kier alpha value is -3.82. The number of aromatic nitrogens is 3. The van der Waals surface area contributed by atoms with Crippen molar-refractivity contribution in [1.82, 2.24) is 24.6 Å². The number of amides is 2. The normalized spacial score (nSPS) is 12.0. The van der Waals surface area contributed by atoms with E-state index in [1.54, 1.807) is 16.3 Å². The topological polar surface area (TPSA) is 79.6 Å². The summed E-state index contributed by atoms with van der Waals surface area (Å²) in [5.41, 5.74) is 3.69. The quantitative estimate of drug-likeness (QED) is 0.298. The molecule has 0 saturated heterocycles. The fourth-order valence-electron chi connectivity index (χ4n) is 4.38. The molecule has 37 heavy (non-hydrogen) atoms. The third-order valence-electron chi connectivity index (χ3n) is 6.30. The van der Waals surface area contributed by atoms with Crippen molar-refractivity contribution in [2.75, 3.05) is 13.6 Å². The first-order valence-corrected chi connectivity index (χ1v) is 13.7. The number of nitrogens with one attached hydrogen (secondary N) is 1. The number of hydrogen-bond donors (Lipinski definition) is 1. The summed E-state index contributed by atoms with van der Waals surface area (Å²) in [4.78, 5) is 39.4. The molecule has 0 saturated carbocycles. The van der Waals surface area contributed by atoms with Gasteiger partial charge in [-0.1, -0.05) is 60.7 Å². The van der Waals surface area contributed by atoms with Gasteiger partial charge in [-0.25, -0.2) is 9.97 Å². The molecule has 0 aliphatic rings. The average Bonchev–Trinajstić information content (AvgIpc) is 3.60. The Kier molecular flexibility index (Phi) is 7.16. The maximum atomic E-state index is 13.8. The predicted octanol–water partition coefficient (Wildman–Crippen LogP) is 5.25. The molecule has 2 aromatic carbocycles. The molecule has 1 atom stereocenters. The van der Waals surface area contributed by atoms with Gasteiger partial charge in [-0.05, 0) is 31.4 Å². The molecule has 1 unspecified atom stereocenters. The van der Waals surface area contributed by atoms with Crippen LogP contribution in [0.2, 0.25) is 0 Å². The zero-order valence-corrected chi connectivity index (χ0v) is 22.5. The number of fused-ring (bicyclic) bond motifs is 1. The molecule has 188 valence electrons. The van der Waals surface area contributed by atoms with Crippen LogP contribution in [0.3, 0.4) is 0 Å². The van der Waals surface area contributed by atoms with Crippen molar-refractivity contribution in [2.24, 2.45) is 0 Å². The van der Waals surface area contributed by atoms with Gasteiger partial charge in [-0.2, -0.15) is 0 Å². The highest BCUT2D eigenvalue weighted by molar-refractivity contribution is 7.15. The minimum atomic E-state index is -0.282. The first-order chi connectivity index (χ1) is 17.9. The summed E-state index contributed by atoms with van der Waals surface area (Å²) in [7, 11) is 1.78. The second kappa shape index (κ2) is 10.7. The van der Waals surface area contributed by atoms with E-state index in [-0.39, 0.29) is 24.4 Å². The first-order valence-electron chi connectivity index (χ1n) is 12.0. The summed E-state index contributed by atoms with van der Waals surface area (Å²) < 4.78 is 1.81. The Morgan fingerprint density at radius 1 is 1.03 bits per heavy atom. The number of likely N-dealkylation sites (N-methyl/N-ethyl adjacent to an activating group) is 1. The molecule has 1 N–H and O–H groups in total. The van der Waals surface area contributed by atoms with E-state index in [9.17, 15) is 9.59 Å². The van der Waals surface area contributed by atoms with Gasteiger partial charge in [0.15, 0.2) is 4.96 Å². The molecule has 0 bridgehead atoms. The van der Waals surface area contributed by atoms with Crippen molar-refractivity contribution >= 4 is 39.4 Å². The minimum Gasteiger partial charge on any atom is -0.349 e. The van der Waals surface area contributed by atoms with Crippen molar-refractivity contribution in [3.63, 3.8) is 0 Å². The molecule has 0 fully saturated rings. The lowest BCUT2D eigenvalue weighted by molar-refractivity contribution is 0.0713. The van der Waals surface area contributed by atoms with Crippen LogP contribution >= 0.6 is 22.7 Å². The number of benzene rings is 2.